The van der Waals surface area contributed by atoms with Gasteiger partial charge in [0.2, 0.25) is 0 Å². The normalized spacial score (nSPS) is 17.0. The Kier molecular flexibility index (Phi) is 5.07. The monoisotopic (exact) mass is 329 g/mol. The van der Waals surface area contributed by atoms with Crippen LogP contribution in [0.5, 0.6) is 0 Å². The van der Waals surface area contributed by atoms with Crippen LogP contribution in [0.3, 0.4) is 0 Å². The van der Waals surface area contributed by atoms with Crippen LogP contribution in [0.25, 0.3) is 11.0 Å². The van der Waals surface area contributed by atoms with E-state index in [4.69, 9.17) is 4.42 Å². The highest BCUT2D eigenvalue weighted by molar-refractivity contribution is 5.81. The van der Waals surface area contributed by atoms with Gasteiger partial charge in [-0.25, -0.2) is 4.79 Å². The Hall–Kier alpha value is -1.65. The van der Waals surface area contributed by atoms with Crippen molar-refractivity contribution in [3.8, 4) is 0 Å². The number of fused-ring (bicyclic) bond motifs is 1. The van der Waals surface area contributed by atoms with Gasteiger partial charge in [0.15, 0.2) is 0 Å². The molecule has 2 aromatic rings. The van der Waals surface area contributed by atoms with Crippen LogP contribution < -0.4 is 5.63 Å². The highest BCUT2D eigenvalue weighted by atomic mass is 16.4. The van der Waals surface area contributed by atoms with Gasteiger partial charge in [0.1, 0.15) is 5.58 Å². The number of nitrogens with zero attached hydrogens (tertiary/aromatic N) is 1. The summed E-state index contributed by atoms with van der Waals surface area (Å²) in [7, 11) is 0. The van der Waals surface area contributed by atoms with Gasteiger partial charge < -0.3 is 9.52 Å². The number of hydrogen-bond donors (Lipinski definition) is 1. The van der Waals surface area contributed by atoms with Gasteiger partial charge in [-0.05, 0) is 62.4 Å². The minimum Gasteiger partial charge on any atom is -0.423 e. The molecule has 1 saturated carbocycles. The summed E-state index contributed by atoms with van der Waals surface area (Å²) in [5.41, 5.74) is 3.67. The zero-order valence-electron chi connectivity index (χ0n) is 14.8. The number of benzene rings is 1. The largest absolute Gasteiger partial charge is 0.423 e. The van der Waals surface area contributed by atoms with Crippen molar-refractivity contribution in [2.24, 2.45) is 0 Å². The molecule has 24 heavy (non-hydrogen) atoms. The number of hydrogen-bond acceptors (Lipinski definition) is 4. The van der Waals surface area contributed by atoms with Gasteiger partial charge in [0.25, 0.3) is 0 Å². The fourth-order valence-corrected chi connectivity index (χ4v) is 3.80. The lowest BCUT2D eigenvalue weighted by Gasteiger charge is -2.33. The molecule has 0 aliphatic heterocycles. The summed E-state index contributed by atoms with van der Waals surface area (Å²) in [5.74, 6) is 0. The fraction of sp³-hybridized carbons (Fsp3) is 0.550. The maximum atomic E-state index is 12.0. The van der Waals surface area contributed by atoms with E-state index in [2.05, 4.69) is 24.8 Å². The summed E-state index contributed by atoms with van der Waals surface area (Å²) in [5, 5.41) is 10.7. The topological polar surface area (TPSA) is 53.7 Å². The van der Waals surface area contributed by atoms with Gasteiger partial charge in [-0.2, -0.15) is 0 Å². The molecule has 1 aromatic heterocycles. The standard InChI is InChI=1S/C20H27NO3/c1-13-8-18-16(10-20(23)24-19(18)9-14(13)2)11-21(15(3)12-22)17-6-4-5-7-17/h8-10,15,17,22H,4-7,11-12H2,1-3H3/t15-/m1/s1. The molecule has 0 unspecified atom stereocenters. The van der Waals surface area contributed by atoms with E-state index in [-0.39, 0.29) is 18.3 Å². The van der Waals surface area contributed by atoms with E-state index in [0.29, 0.717) is 18.2 Å². The van der Waals surface area contributed by atoms with Gasteiger partial charge in [-0.15, -0.1) is 0 Å². The van der Waals surface area contributed by atoms with Crippen molar-refractivity contribution in [2.75, 3.05) is 6.61 Å². The third-order valence-electron chi connectivity index (χ3n) is 5.42. The van der Waals surface area contributed by atoms with Crippen molar-refractivity contribution < 1.29 is 9.52 Å². The minimum absolute atomic E-state index is 0.0851. The first-order valence-corrected chi connectivity index (χ1v) is 8.90. The molecule has 1 heterocycles. The van der Waals surface area contributed by atoms with Crippen LogP contribution in [-0.4, -0.2) is 28.7 Å². The summed E-state index contributed by atoms with van der Waals surface area (Å²) in [6, 6.07) is 6.25. The van der Waals surface area contributed by atoms with Crippen LogP contribution in [0.4, 0.5) is 0 Å². The third kappa shape index (κ3) is 3.40. The highest BCUT2D eigenvalue weighted by Crippen LogP contribution is 2.29. The molecule has 1 atom stereocenters. The Labute approximate surface area is 143 Å². The first-order chi connectivity index (χ1) is 11.5. The molecule has 1 aromatic carbocycles. The second-order valence-corrected chi connectivity index (χ2v) is 7.17. The van der Waals surface area contributed by atoms with E-state index >= 15 is 0 Å². The van der Waals surface area contributed by atoms with E-state index < -0.39 is 0 Å². The van der Waals surface area contributed by atoms with Crippen LogP contribution in [0.15, 0.2) is 27.4 Å². The van der Waals surface area contributed by atoms with E-state index in [1.54, 1.807) is 6.07 Å². The van der Waals surface area contributed by atoms with Crippen LogP contribution in [-0.2, 0) is 6.54 Å². The lowest BCUT2D eigenvalue weighted by Crippen LogP contribution is -2.42. The average Bonchev–Trinajstić information content (AvgIpc) is 3.07. The molecular formula is C20H27NO3. The number of rotatable bonds is 5. The summed E-state index contributed by atoms with van der Waals surface area (Å²) in [4.78, 5) is 14.4. The number of aryl methyl sites for hydroxylation is 2. The SMILES string of the molecule is Cc1cc2oc(=O)cc(CN(C3CCCC3)[C@H](C)CO)c2cc1C. The molecule has 1 fully saturated rings. The highest BCUT2D eigenvalue weighted by Gasteiger charge is 2.27. The Balaban J connectivity index is 2.03. The quantitative estimate of drug-likeness (QED) is 0.853. The molecular weight excluding hydrogens is 302 g/mol. The van der Waals surface area contributed by atoms with Crippen LogP contribution in [0, 0.1) is 13.8 Å². The van der Waals surface area contributed by atoms with Gasteiger partial charge >= 0.3 is 5.63 Å². The molecule has 4 nitrogen and oxygen atoms in total. The lowest BCUT2D eigenvalue weighted by molar-refractivity contribution is 0.0877. The van der Waals surface area contributed by atoms with Crippen molar-refractivity contribution >= 4 is 11.0 Å². The molecule has 1 aliphatic rings. The van der Waals surface area contributed by atoms with Gasteiger partial charge in [0.05, 0.1) is 6.61 Å². The Morgan fingerprint density at radius 3 is 2.54 bits per heavy atom. The van der Waals surface area contributed by atoms with E-state index in [0.717, 1.165) is 16.5 Å². The molecule has 4 heteroatoms. The molecule has 0 spiro atoms. The van der Waals surface area contributed by atoms with Crippen molar-refractivity contribution in [2.45, 2.75) is 65.1 Å². The van der Waals surface area contributed by atoms with E-state index in [1.807, 2.05) is 13.0 Å². The molecule has 0 saturated heterocycles. The summed E-state index contributed by atoms with van der Waals surface area (Å²) >= 11 is 0. The first kappa shape index (κ1) is 17.2. The van der Waals surface area contributed by atoms with E-state index in [1.165, 1.54) is 31.2 Å². The first-order valence-electron chi connectivity index (χ1n) is 8.90. The number of aliphatic hydroxyl groups is 1. The van der Waals surface area contributed by atoms with Crippen LogP contribution >= 0.6 is 0 Å². The van der Waals surface area contributed by atoms with Crippen LogP contribution in [0.2, 0.25) is 0 Å². The number of aliphatic hydroxyl groups excluding tert-OH is 1. The van der Waals surface area contributed by atoms with Gasteiger partial charge in [-0.1, -0.05) is 12.8 Å². The van der Waals surface area contributed by atoms with Crippen molar-refractivity contribution in [1.82, 2.24) is 4.90 Å². The molecule has 0 radical (unpaired) electrons. The fourth-order valence-electron chi connectivity index (χ4n) is 3.80. The zero-order chi connectivity index (χ0) is 17.3. The predicted molar refractivity (Wildman–Crippen MR) is 96.3 cm³/mol. The van der Waals surface area contributed by atoms with Crippen molar-refractivity contribution in [3.05, 3.63) is 45.3 Å². The predicted octanol–water partition coefficient (Wildman–Crippen LogP) is 3.54. The molecule has 3 rings (SSSR count). The van der Waals surface area contributed by atoms with Crippen LogP contribution in [0.1, 0.15) is 49.3 Å². The van der Waals surface area contributed by atoms with Crippen molar-refractivity contribution in [1.29, 1.82) is 0 Å². The average molecular weight is 329 g/mol. The maximum absolute atomic E-state index is 12.0. The van der Waals surface area contributed by atoms with E-state index in [9.17, 15) is 9.90 Å². The summed E-state index contributed by atoms with van der Waals surface area (Å²) < 4.78 is 5.41. The molecule has 1 N–H and O–H groups in total. The molecule has 0 amide bonds. The zero-order valence-corrected chi connectivity index (χ0v) is 14.8. The van der Waals surface area contributed by atoms with Gasteiger partial charge in [0, 0.05) is 30.1 Å². The second kappa shape index (κ2) is 7.08. The molecule has 1 aliphatic carbocycles. The van der Waals surface area contributed by atoms with Gasteiger partial charge in [-0.3, -0.25) is 4.90 Å². The summed E-state index contributed by atoms with van der Waals surface area (Å²) in [6.07, 6.45) is 4.83. The smallest absolute Gasteiger partial charge is 0.336 e. The maximum Gasteiger partial charge on any atom is 0.336 e. The molecule has 0 bridgehead atoms. The molecule has 130 valence electrons. The lowest BCUT2D eigenvalue weighted by atomic mass is 10.0. The Bertz CT molecular complexity index is 774. The second-order valence-electron chi connectivity index (χ2n) is 7.17. The Morgan fingerprint density at radius 1 is 1.21 bits per heavy atom. The minimum atomic E-state index is -0.302. The van der Waals surface area contributed by atoms with Crippen molar-refractivity contribution in [3.63, 3.8) is 0 Å². The summed E-state index contributed by atoms with van der Waals surface area (Å²) in [6.45, 7) is 6.97. The third-order valence-corrected chi connectivity index (χ3v) is 5.42. The Morgan fingerprint density at radius 2 is 1.88 bits per heavy atom.